The second-order valence-corrected chi connectivity index (χ2v) is 5.23. The third kappa shape index (κ3) is 2.45. The lowest BCUT2D eigenvalue weighted by Crippen LogP contribution is -2.15. The zero-order valence-electron chi connectivity index (χ0n) is 10.8. The molecule has 0 saturated heterocycles. The van der Waals surface area contributed by atoms with Crippen molar-refractivity contribution < 1.29 is 14.7 Å². The zero-order valence-corrected chi connectivity index (χ0v) is 10.8. The number of Topliss-reactive ketones (excluding diaryl/α,β-unsaturated/α-hetero) is 1. The Balaban J connectivity index is 2.15. The molecule has 1 aliphatic rings. The molecule has 1 fully saturated rings. The van der Waals surface area contributed by atoms with E-state index in [-0.39, 0.29) is 17.6 Å². The van der Waals surface area contributed by atoms with Gasteiger partial charge in [-0.05, 0) is 38.7 Å². The van der Waals surface area contributed by atoms with Crippen molar-refractivity contribution in [2.75, 3.05) is 0 Å². The monoisotopic (exact) mass is 246 g/mol. The van der Waals surface area contributed by atoms with Gasteiger partial charge in [0.05, 0.1) is 5.92 Å². The zero-order chi connectivity index (χ0) is 13.3. The lowest BCUT2D eigenvalue weighted by atomic mass is 9.92. The first kappa shape index (κ1) is 12.8. The van der Waals surface area contributed by atoms with Gasteiger partial charge in [0.15, 0.2) is 5.78 Å². The second kappa shape index (κ2) is 4.92. The molecule has 0 heterocycles. The van der Waals surface area contributed by atoms with Gasteiger partial charge in [-0.15, -0.1) is 0 Å². The highest BCUT2D eigenvalue weighted by atomic mass is 16.4. The van der Waals surface area contributed by atoms with E-state index in [0.717, 1.165) is 16.7 Å². The predicted octanol–water partition coefficient (Wildman–Crippen LogP) is 2.99. The van der Waals surface area contributed by atoms with E-state index in [0.29, 0.717) is 19.3 Å². The van der Waals surface area contributed by atoms with Crippen molar-refractivity contribution in [1.29, 1.82) is 0 Å². The van der Waals surface area contributed by atoms with E-state index in [1.807, 2.05) is 32.0 Å². The van der Waals surface area contributed by atoms with Gasteiger partial charge >= 0.3 is 5.97 Å². The molecule has 0 spiro atoms. The van der Waals surface area contributed by atoms with Gasteiger partial charge in [-0.1, -0.05) is 23.8 Å². The number of rotatable bonds is 3. The van der Waals surface area contributed by atoms with E-state index >= 15 is 0 Å². The Bertz CT molecular complexity index is 491. The Labute approximate surface area is 107 Å². The van der Waals surface area contributed by atoms with Crippen LogP contribution in [0.4, 0.5) is 0 Å². The van der Waals surface area contributed by atoms with Crippen LogP contribution < -0.4 is 0 Å². The quantitative estimate of drug-likeness (QED) is 0.834. The molecule has 1 N–H and O–H groups in total. The van der Waals surface area contributed by atoms with Crippen LogP contribution in [-0.4, -0.2) is 16.9 Å². The number of hydrogen-bond acceptors (Lipinski definition) is 2. The van der Waals surface area contributed by atoms with Crippen molar-refractivity contribution in [2.45, 2.75) is 33.1 Å². The van der Waals surface area contributed by atoms with Gasteiger partial charge in [0.25, 0.3) is 0 Å². The van der Waals surface area contributed by atoms with E-state index in [2.05, 4.69) is 0 Å². The minimum Gasteiger partial charge on any atom is -0.481 e. The van der Waals surface area contributed by atoms with Gasteiger partial charge in [-0.3, -0.25) is 9.59 Å². The first-order valence-electron chi connectivity index (χ1n) is 6.33. The van der Waals surface area contributed by atoms with Crippen LogP contribution in [0.15, 0.2) is 18.2 Å². The van der Waals surface area contributed by atoms with Crippen LogP contribution in [-0.2, 0) is 4.79 Å². The van der Waals surface area contributed by atoms with E-state index < -0.39 is 5.97 Å². The van der Waals surface area contributed by atoms with E-state index in [4.69, 9.17) is 5.11 Å². The smallest absolute Gasteiger partial charge is 0.306 e. The summed E-state index contributed by atoms with van der Waals surface area (Å²) in [6.07, 6.45) is 1.81. The molecule has 1 aromatic carbocycles. The third-order valence-corrected chi connectivity index (χ3v) is 3.80. The molecule has 2 atom stereocenters. The normalized spacial score (nSPS) is 23.0. The molecule has 0 aromatic heterocycles. The van der Waals surface area contributed by atoms with Crippen LogP contribution in [0.3, 0.4) is 0 Å². The Hall–Kier alpha value is -1.64. The van der Waals surface area contributed by atoms with E-state index in [1.54, 1.807) is 0 Å². The standard InChI is InChI=1S/C15H18O3/c1-9-3-6-13(10(2)7-9)14(16)11-4-5-12(8-11)15(17)18/h3,6-7,11-12H,4-5,8H2,1-2H3,(H,17,18)/t11-,12+/m0/s1. The van der Waals surface area contributed by atoms with Crippen LogP contribution in [0, 0.1) is 25.7 Å². The third-order valence-electron chi connectivity index (χ3n) is 3.80. The fraction of sp³-hybridized carbons (Fsp3) is 0.467. The fourth-order valence-electron chi connectivity index (χ4n) is 2.75. The second-order valence-electron chi connectivity index (χ2n) is 5.23. The van der Waals surface area contributed by atoms with E-state index in [9.17, 15) is 9.59 Å². The number of aryl methyl sites for hydroxylation is 2. The molecule has 1 aromatic rings. The Morgan fingerprint density at radius 2 is 1.83 bits per heavy atom. The summed E-state index contributed by atoms with van der Waals surface area (Å²) in [7, 11) is 0. The SMILES string of the molecule is Cc1ccc(C(=O)[C@H]2CC[C@@H](C(=O)O)C2)c(C)c1. The lowest BCUT2D eigenvalue weighted by Gasteiger charge is -2.11. The van der Waals surface area contributed by atoms with Gasteiger partial charge in [-0.2, -0.15) is 0 Å². The molecule has 3 heteroatoms. The van der Waals surface area contributed by atoms with Crippen molar-refractivity contribution in [3.05, 3.63) is 34.9 Å². The molecule has 3 nitrogen and oxygen atoms in total. The summed E-state index contributed by atoms with van der Waals surface area (Å²) in [4.78, 5) is 23.3. The van der Waals surface area contributed by atoms with Crippen molar-refractivity contribution >= 4 is 11.8 Å². The molecule has 1 aliphatic carbocycles. The van der Waals surface area contributed by atoms with Crippen LogP contribution in [0.2, 0.25) is 0 Å². The maximum absolute atomic E-state index is 12.4. The maximum atomic E-state index is 12.4. The average molecular weight is 246 g/mol. The van der Waals surface area contributed by atoms with Crippen LogP contribution in [0.25, 0.3) is 0 Å². The summed E-state index contributed by atoms with van der Waals surface area (Å²) < 4.78 is 0. The number of carboxylic acid groups (broad SMARTS) is 1. The minimum atomic E-state index is -0.772. The van der Waals surface area contributed by atoms with Crippen LogP contribution >= 0.6 is 0 Å². The summed E-state index contributed by atoms with van der Waals surface area (Å²) in [5, 5.41) is 8.96. The molecule has 1 saturated carbocycles. The summed E-state index contributed by atoms with van der Waals surface area (Å²) in [6.45, 7) is 3.93. The molecule has 0 unspecified atom stereocenters. The van der Waals surface area contributed by atoms with Crippen molar-refractivity contribution in [3.63, 3.8) is 0 Å². The molecule has 0 amide bonds. The first-order valence-corrected chi connectivity index (χ1v) is 6.33. The maximum Gasteiger partial charge on any atom is 0.306 e. The highest BCUT2D eigenvalue weighted by Gasteiger charge is 2.34. The Morgan fingerprint density at radius 3 is 2.39 bits per heavy atom. The number of carbonyl (C=O) groups is 2. The molecular formula is C15H18O3. The highest BCUT2D eigenvalue weighted by molar-refractivity contribution is 5.99. The average Bonchev–Trinajstić information content (AvgIpc) is 2.77. The van der Waals surface area contributed by atoms with Crippen LogP contribution in [0.1, 0.15) is 40.7 Å². The van der Waals surface area contributed by atoms with Crippen LogP contribution in [0.5, 0.6) is 0 Å². The molecule has 96 valence electrons. The molecule has 0 bridgehead atoms. The molecular weight excluding hydrogens is 228 g/mol. The molecule has 2 rings (SSSR count). The van der Waals surface area contributed by atoms with Gasteiger partial charge in [-0.25, -0.2) is 0 Å². The fourth-order valence-corrected chi connectivity index (χ4v) is 2.75. The molecule has 0 aliphatic heterocycles. The largest absolute Gasteiger partial charge is 0.481 e. The topological polar surface area (TPSA) is 54.4 Å². The van der Waals surface area contributed by atoms with Gasteiger partial charge < -0.3 is 5.11 Å². The summed E-state index contributed by atoms with van der Waals surface area (Å²) >= 11 is 0. The van der Waals surface area contributed by atoms with E-state index in [1.165, 1.54) is 0 Å². The van der Waals surface area contributed by atoms with Gasteiger partial charge in [0.2, 0.25) is 0 Å². The number of hydrogen-bond donors (Lipinski definition) is 1. The molecule has 18 heavy (non-hydrogen) atoms. The predicted molar refractivity (Wildman–Crippen MR) is 68.7 cm³/mol. The first-order chi connectivity index (χ1) is 8.49. The summed E-state index contributed by atoms with van der Waals surface area (Å²) in [6, 6.07) is 5.79. The minimum absolute atomic E-state index is 0.108. The van der Waals surface area contributed by atoms with Crippen molar-refractivity contribution in [1.82, 2.24) is 0 Å². The van der Waals surface area contributed by atoms with Gasteiger partial charge in [0, 0.05) is 11.5 Å². The Morgan fingerprint density at radius 1 is 1.17 bits per heavy atom. The number of carbonyl (C=O) groups excluding carboxylic acids is 1. The van der Waals surface area contributed by atoms with Crippen molar-refractivity contribution in [2.24, 2.45) is 11.8 Å². The number of benzene rings is 1. The number of carboxylic acids is 1. The summed E-state index contributed by atoms with van der Waals surface area (Å²) in [5.74, 6) is -1.13. The lowest BCUT2D eigenvalue weighted by molar-refractivity contribution is -0.141. The van der Waals surface area contributed by atoms with Crippen molar-refractivity contribution in [3.8, 4) is 0 Å². The van der Waals surface area contributed by atoms with Gasteiger partial charge in [0.1, 0.15) is 0 Å². The number of ketones is 1. The highest BCUT2D eigenvalue weighted by Crippen LogP contribution is 2.33. The summed E-state index contributed by atoms with van der Waals surface area (Å²) in [5.41, 5.74) is 2.87. The molecule has 0 radical (unpaired) electrons. The Kier molecular flexibility index (Phi) is 3.50. The number of aliphatic carboxylic acids is 1.